The summed E-state index contributed by atoms with van der Waals surface area (Å²) < 4.78 is 18.8. The van der Waals surface area contributed by atoms with Gasteiger partial charge in [-0.05, 0) is 48.7 Å². The maximum atomic E-state index is 11.6. The van der Waals surface area contributed by atoms with Crippen LogP contribution in [0.3, 0.4) is 0 Å². The molecule has 0 saturated carbocycles. The average molecular weight is 464 g/mol. The molecule has 0 bridgehead atoms. The number of hydrogen-bond donors (Lipinski definition) is 0. The molecule has 7 nitrogen and oxygen atoms in total. The van der Waals surface area contributed by atoms with E-state index in [2.05, 4.69) is 10.3 Å². The van der Waals surface area contributed by atoms with E-state index in [1.165, 1.54) is 6.07 Å². The minimum absolute atomic E-state index is 0.236. The number of nitrogens with zero attached hydrogens (tertiary/aromatic N) is 3. The van der Waals surface area contributed by atoms with Gasteiger partial charge in [-0.1, -0.05) is 28.9 Å². The average Bonchev–Trinajstić information content (AvgIpc) is 3.17. The number of halogens is 1. The van der Waals surface area contributed by atoms with Crippen molar-refractivity contribution < 1.29 is 13.9 Å². The fourth-order valence-corrected chi connectivity index (χ4v) is 4.27. The SMILES string of the molecule is Cc1cccc2c1OCCC(Cn1cc(COc3ccc4c(C)cc(=O)oc4c3)nn1)=C2Cl. The lowest BCUT2D eigenvalue weighted by molar-refractivity contribution is 0.301. The van der Waals surface area contributed by atoms with E-state index in [9.17, 15) is 4.79 Å². The van der Waals surface area contributed by atoms with Gasteiger partial charge >= 0.3 is 5.63 Å². The zero-order valence-corrected chi connectivity index (χ0v) is 19.1. The third-order valence-corrected chi connectivity index (χ3v) is 6.13. The van der Waals surface area contributed by atoms with Crippen LogP contribution in [-0.4, -0.2) is 21.6 Å². The molecule has 0 unspecified atom stereocenters. The lowest BCUT2D eigenvalue weighted by Crippen LogP contribution is -2.05. The number of rotatable bonds is 5. The molecule has 0 saturated heterocycles. The Morgan fingerprint density at radius 3 is 2.91 bits per heavy atom. The van der Waals surface area contributed by atoms with Crippen LogP contribution in [0.4, 0.5) is 0 Å². The number of benzene rings is 2. The molecule has 0 aliphatic carbocycles. The summed E-state index contributed by atoms with van der Waals surface area (Å²) in [7, 11) is 0. The molecule has 33 heavy (non-hydrogen) atoms. The van der Waals surface area contributed by atoms with Gasteiger partial charge in [0.15, 0.2) is 0 Å². The van der Waals surface area contributed by atoms with Gasteiger partial charge in [0, 0.05) is 29.5 Å². The van der Waals surface area contributed by atoms with E-state index in [0.29, 0.717) is 41.6 Å². The lowest BCUT2D eigenvalue weighted by Gasteiger charge is -2.10. The van der Waals surface area contributed by atoms with E-state index in [1.54, 1.807) is 10.7 Å². The first-order valence-electron chi connectivity index (χ1n) is 10.6. The van der Waals surface area contributed by atoms with Gasteiger partial charge in [0.1, 0.15) is 29.4 Å². The van der Waals surface area contributed by atoms with Gasteiger partial charge in [-0.25, -0.2) is 9.48 Å². The zero-order valence-electron chi connectivity index (χ0n) is 18.3. The maximum Gasteiger partial charge on any atom is 0.336 e. The number of para-hydroxylation sites is 1. The van der Waals surface area contributed by atoms with Crippen molar-refractivity contribution >= 4 is 27.6 Å². The third kappa shape index (κ3) is 4.36. The second-order valence-electron chi connectivity index (χ2n) is 8.07. The third-order valence-electron chi connectivity index (χ3n) is 5.66. The van der Waals surface area contributed by atoms with Crippen molar-refractivity contribution in [2.75, 3.05) is 6.61 Å². The van der Waals surface area contributed by atoms with Crippen LogP contribution in [0, 0.1) is 13.8 Å². The lowest BCUT2D eigenvalue weighted by atomic mass is 10.1. The second-order valence-corrected chi connectivity index (χ2v) is 8.45. The Labute approximate surface area is 195 Å². The van der Waals surface area contributed by atoms with E-state index < -0.39 is 0 Å². The van der Waals surface area contributed by atoms with Gasteiger partial charge in [-0.3, -0.25) is 0 Å². The minimum atomic E-state index is -0.380. The molecule has 5 rings (SSSR count). The molecular formula is C25H22ClN3O4. The van der Waals surface area contributed by atoms with Gasteiger partial charge in [0.05, 0.1) is 24.4 Å². The molecule has 2 aromatic carbocycles. The summed E-state index contributed by atoms with van der Waals surface area (Å²) in [6.07, 6.45) is 2.55. The van der Waals surface area contributed by atoms with Crippen LogP contribution in [0.2, 0.25) is 0 Å². The fraction of sp³-hybridized carbons (Fsp3) is 0.240. The highest BCUT2D eigenvalue weighted by molar-refractivity contribution is 6.49. The highest BCUT2D eigenvalue weighted by Gasteiger charge is 2.19. The number of fused-ring (bicyclic) bond motifs is 2. The van der Waals surface area contributed by atoms with Gasteiger partial charge in [-0.2, -0.15) is 0 Å². The zero-order chi connectivity index (χ0) is 22.9. The largest absolute Gasteiger partial charge is 0.492 e. The van der Waals surface area contributed by atoms with E-state index in [4.69, 9.17) is 25.5 Å². The van der Waals surface area contributed by atoms with Crippen LogP contribution in [0.5, 0.6) is 11.5 Å². The van der Waals surface area contributed by atoms with Crippen LogP contribution in [0.25, 0.3) is 16.0 Å². The highest BCUT2D eigenvalue weighted by Crippen LogP contribution is 2.37. The molecule has 0 atom stereocenters. The predicted octanol–water partition coefficient (Wildman–Crippen LogP) is 5.01. The molecule has 168 valence electrons. The summed E-state index contributed by atoms with van der Waals surface area (Å²) in [5.41, 5.74) is 4.67. The standard InChI is InChI=1S/C25H22ClN3O4/c1-15-4-3-5-21-24(26)17(8-9-31-25(15)21)12-29-13-18(27-28-29)14-32-19-6-7-20-16(2)10-23(30)33-22(20)11-19/h3-7,10-11,13H,8-9,12,14H2,1-2H3. The van der Waals surface area contributed by atoms with Crippen molar-refractivity contribution in [3.05, 3.63) is 87.0 Å². The van der Waals surface area contributed by atoms with Crippen molar-refractivity contribution in [3.63, 3.8) is 0 Å². The van der Waals surface area contributed by atoms with Crippen molar-refractivity contribution in [3.8, 4) is 11.5 Å². The summed E-state index contributed by atoms with van der Waals surface area (Å²) in [5, 5.41) is 10.0. The molecule has 0 N–H and O–H groups in total. The molecule has 2 aromatic heterocycles. The summed E-state index contributed by atoms with van der Waals surface area (Å²) in [4.78, 5) is 11.6. The van der Waals surface area contributed by atoms with Gasteiger partial charge in [0.25, 0.3) is 0 Å². The molecule has 0 radical (unpaired) electrons. The number of ether oxygens (including phenoxy) is 2. The Hall–Kier alpha value is -3.58. The summed E-state index contributed by atoms with van der Waals surface area (Å²) in [6, 6.07) is 12.9. The molecule has 1 aliphatic rings. The topological polar surface area (TPSA) is 79.4 Å². The van der Waals surface area contributed by atoms with E-state index >= 15 is 0 Å². The van der Waals surface area contributed by atoms with E-state index in [-0.39, 0.29) is 12.2 Å². The predicted molar refractivity (Wildman–Crippen MR) is 126 cm³/mol. The fourth-order valence-electron chi connectivity index (χ4n) is 3.97. The molecular weight excluding hydrogens is 442 g/mol. The first kappa shape index (κ1) is 21.3. The Balaban J connectivity index is 1.30. The van der Waals surface area contributed by atoms with Gasteiger partial charge in [-0.15, -0.1) is 5.10 Å². The molecule has 4 aromatic rings. The summed E-state index contributed by atoms with van der Waals surface area (Å²) >= 11 is 6.74. The molecule has 1 aliphatic heterocycles. The molecule has 3 heterocycles. The van der Waals surface area contributed by atoms with Crippen molar-refractivity contribution in [1.29, 1.82) is 0 Å². The Bertz CT molecular complexity index is 1440. The Morgan fingerprint density at radius 2 is 2.03 bits per heavy atom. The van der Waals surface area contributed by atoms with Gasteiger partial charge < -0.3 is 13.9 Å². The number of aryl methyl sites for hydroxylation is 2. The van der Waals surface area contributed by atoms with Crippen molar-refractivity contribution in [2.45, 2.75) is 33.4 Å². The summed E-state index contributed by atoms with van der Waals surface area (Å²) in [6.45, 7) is 5.20. The first-order valence-corrected chi connectivity index (χ1v) is 11.0. The Kier molecular flexibility index (Phi) is 5.64. The van der Waals surface area contributed by atoms with Crippen molar-refractivity contribution in [2.24, 2.45) is 0 Å². The van der Waals surface area contributed by atoms with Crippen LogP contribution in [0.15, 0.2) is 63.4 Å². The van der Waals surface area contributed by atoms with Crippen LogP contribution in [-0.2, 0) is 13.2 Å². The maximum absolute atomic E-state index is 11.6. The number of aromatic nitrogens is 3. The highest BCUT2D eigenvalue weighted by atomic mass is 35.5. The van der Waals surface area contributed by atoms with Crippen LogP contribution in [0.1, 0.15) is 28.8 Å². The monoisotopic (exact) mass is 463 g/mol. The smallest absolute Gasteiger partial charge is 0.336 e. The minimum Gasteiger partial charge on any atom is -0.492 e. The van der Waals surface area contributed by atoms with Crippen LogP contribution >= 0.6 is 11.6 Å². The molecule has 0 spiro atoms. The normalized spacial score (nSPS) is 13.5. The van der Waals surface area contributed by atoms with Crippen LogP contribution < -0.4 is 15.1 Å². The first-order chi connectivity index (χ1) is 16.0. The Morgan fingerprint density at radius 1 is 1.15 bits per heavy atom. The molecule has 0 fully saturated rings. The summed E-state index contributed by atoms with van der Waals surface area (Å²) in [5.74, 6) is 1.43. The number of hydrogen-bond acceptors (Lipinski definition) is 6. The molecule has 8 heteroatoms. The van der Waals surface area contributed by atoms with E-state index in [0.717, 1.165) is 33.4 Å². The second kappa shape index (κ2) is 8.75. The van der Waals surface area contributed by atoms with Gasteiger partial charge in [0.2, 0.25) is 0 Å². The van der Waals surface area contributed by atoms with Crippen molar-refractivity contribution in [1.82, 2.24) is 15.0 Å². The molecule has 0 amide bonds. The quantitative estimate of drug-likeness (QED) is 0.387. The van der Waals surface area contributed by atoms with E-state index in [1.807, 2.05) is 50.4 Å².